The molecule has 0 unspecified atom stereocenters. The SMILES string of the molecule is N#Cc1cnccc1C=Cc1c(C2CC2)nc2sccn12. The molecule has 0 bridgehead atoms. The summed E-state index contributed by atoms with van der Waals surface area (Å²) in [5.41, 5.74) is 3.80. The number of nitrogens with zero attached hydrogens (tertiary/aromatic N) is 4. The van der Waals surface area contributed by atoms with E-state index in [1.807, 2.05) is 17.5 Å². The lowest BCUT2D eigenvalue weighted by Gasteiger charge is -1.98. The van der Waals surface area contributed by atoms with Crippen molar-refractivity contribution in [1.29, 1.82) is 5.26 Å². The fraction of sp³-hybridized carbons (Fsp3) is 0.188. The minimum atomic E-state index is 0.591. The van der Waals surface area contributed by atoms with E-state index in [0.29, 0.717) is 11.5 Å². The summed E-state index contributed by atoms with van der Waals surface area (Å²) < 4.78 is 2.13. The van der Waals surface area contributed by atoms with Crippen molar-refractivity contribution in [2.45, 2.75) is 18.8 Å². The van der Waals surface area contributed by atoms with E-state index in [-0.39, 0.29) is 0 Å². The smallest absolute Gasteiger partial charge is 0.194 e. The molecule has 0 spiro atoms. The third-order valence-corrected chi connectivity index (χ3v) is 4.44. The van der Waals surface area contributed by atoms with Crippen molar-refractivity contribution in [3.8, 4) is 6.07 Å². The molecule has 0 saturated heterocycles. The van der Waals surface area contributed by atoms with Crippen molar-refractivity contribution in [2.75, 3.05) is 0 Å². The molecular formula is C16H12N4S. The Bertz CT molecular complexity index is 877. The van der Waals surface area contributed by atoms with Crippen LogP contribution in [0.2, 0.25) is 0 Å². The Morgan fingerprint density at radius 2 is 2.29 bits per heavy atom. The molecular weight excluding hydrogens is 280 g/mol. The van der Waals surface area contributed by atoms with Gasteiger partial charge in [-0.3, -0.25) is 9.38 Å². The summed E-state index contributed by atoms with van der Waals surface area (Å²) in [7, 11) is 0. The van der Waals surface area contributed by atoms with E-state index in [0.717, 1.165) is 16.2 Å². The first-order chi connectivity index (χ1) is 10.4. The number of hydrogen-bond acceptors (Lipinski definition) is 4. The molecule has 0 amide bonds. The fourth-order valence-corrected chi connectivity index (χ4v) is 3.18. The van der Waals surface area contributed by atoms with E-state index in [1.165, 1.54) is 18.5 Å². The first-order valence-corrected chi connectivity index (χ1v) is 7.72. The van der Waals surface area contributed by atoms with Crippen LogP contribution in [0.3, 0.4) is 0 Å². The standard InChI is InChI=1S/C16H12N4S/c17-9-13-10-18-6-5-11(13)3-4-14-15(12-1-2-12)19-16-20(14)7-8-21-16/h3-8,10,12H,1-2H2. The molecule has 4 rings (SSSR count). The minimum Gasteiger partial charge on any atom is -0.291 e. The monoisotopic (exact) mass is 292 g/mol. The van der Waals surface area contributed by atoms with Crippen LogP contribution in [0.4, 0.5) is 0 Å². The van der Waals surface area contributed by atoms with Gasteiger partial charge in [-0.15, -0.1) is 11.3 Å². The minimum absolute atomic E-state index is 0.591. The van der Waals surface area contributed by atoms with Crippen molar-refractivity contribution >= 4 is 28.4 Å². The highest BCUT2D eigenvalue weighted by atomic mass is 32.1. The number of hydrogen-bond donors (Lipinski definition) is 0. The summed E-state index contributed by atoms with van der Waals surface area (Å²) in [4.78, 5) is 9.76. The molecule has 0 aliphatic heterocycles. The van der Waals surface area contributed by atoms with Gasteiger partial charge >= 0.3 is 0 Å². The molecule has 1 aliphatic carbocycles. The Kier molecular flexibility index (Phi) is 2.83. The number of pyridine rings is 1. The molecule has 1 fully saturated rings. The number of aromatic nitrogens is 3. The van der Waals surface area contributed by atoms with Crippen LogP contribution in [0, 0.1) is 11.3 Å². The predicted molar refractivity (Wildman–Crippen MR) is 82.9 cm³/mol. The zero-order valence-electron chi connectivity index (χ0n) is 11.2. The van der Waals surface area contributed by atoms with Gasteiger partial charge in [0.1, 0.15) is 6.07 Å². The predicted octanol–water partition coefficient (Wildman–Crippen LogP) is 3.71. The first-order valence-electron chi connectivity index (χ1n) is 6.84. The van der Waals surface area contributed by atoms with Gasteiger partial charge in [-0.25, -0.2) is 4.98 Å². The molecule has 4 nitrogen and oxygen atoms in total. The van der Waals surface area contributed by atoms with Crippen molar-refractivity contribution in [2.24, 2.45) is 0 Å². The topological polar surface area (TPSA) is 54.0 Å². The maximum Gasteiger partial charge on any atom is 0.194 e. The van der Waals surface area contributed by atoms with Crippen LogP contribution in [-0.4, -0.2) is 14.4 Å². The van der Waals surface area contributed by atoms with Crippen molar-refractivity contribution in [1.82, 2.24) is 14.4 Å². The van der Waals surface area contributed by atoms with Crippen LogP contribution in [0.5, 0.6) is 0 Å². The van der Waals surface area contributed by atoms with Crippen LogP contribution >= 0.6 is 11.3 Å². The first kappa shape index (κ1) is 12.3. The van der Waals surface area contributed by atoms with E-state index in [4.69, 9.17) is 10.2 Å². The molecule has 1 saturated carbocycles. The molecule has 3 heterocycles. The maximum absolute atomic E-state index is 9.13. The molecule has 0 aromatic carbocycles. The van der Waals surface area contributed by atoms with E-state index < -0.39 is 0 Å². The maximum atomic E-state index is 9.13. The van der Waals surface area contributed by atoms with Crippen LogP contribution in [-0.2, 0) is 0 Å². The van der Waals surface area contributed by atoms with Crippen LogP contribution in [0.15, 0.2) is 30.0 Å². The lowest BCUT2D eigenvalue weighted by atomic mass is 10.1. The van der Waals surface area contributed by atoms with E-state index in [9.17, 15) is 0 Å². The van der Waals surface area contributed by atoms with Gasteiger partial charge in [0.15, 0.2) is 4.96 Å². The summed E-state index contributed by atoms with van der Waals surface area (Å²) in [5, 5.41) is 11.2. The number of nitriles is 1. The summed E-state index contributed by atoms with van der Waals surface area (Å²) >= 11 is 1.65. The Morgan fingerprint density at radius 3 is 3.10 bits per heavy atom. The molecule has 3 aromatic heterocycles. The second kappa shape index (κ2) is 4.83. The van der Waals surface area contributed by atoms with Gasteiger partial charge in [-0.2, -0.15) is 5.26 Å². The number of fused-ring (bicyclic) bond motifs is 1. The molecule has 0 N–H and O–H groups in total. The lowest BCUT2D eigenvalue weighted by molar-refractivity contribution is 1.05. The molecule has 1 aliphatic rings. The van der Waals surface area contributed by atoms with Gasteiger partial charge in [-0.1, -0.05) is 6.08 Å². The second-order valence-electron chi connectivity index (χ2n) is 5.12. The van der Waals surface area contributed by atoms with Crippen LogP contribution in [0.1, 0.15) is 41.3 Å². The van der Waals surface area contributed by atoms with Gasteiger partial charge in [-0.05, 0) is 30.5 Å². The summed E-state index contributed by atoms with van der Waals surface area (Å²) in [5.74, 6) is 0.602. The quantitative estimate of drug-likeness (QED) is 0.739. The Hall–Kier alpha value is -2.45. The second-order valence-corrected chi connectivity index (χ2v) is 5.99. The fourth-order valence-electron chi connectivity index (χ4n) is 2.46. The number of imidazole rings is 1. The van der Waals surface area contributed by atoms with Crippen molar-refractivity contribution in [3.63, 3.8) is 0 Å². The average Bonchev–Trinajstić information content (AvgIpc) is 3.16. The zero-order valence-corrected chi connectivity index (χ0v) is 12.0. The van der Waals surface area contributed by atoms with Gasteiger partial charge in [0, 0.05) is 29.9 Å². The highest BCUT2D eigenvalue weighted by molar-refractivity contribution is 7.15. The van der Waals surface area contributed by atoms with Gasteiger partial charge in [0.25, 0.3) is 0 Å². The Morgan fingerprint density at radius 1 is 1.38 bits per heavy atom. The highest BCUT2D eigenvalue weighted by Gasteiger charge is 2.29. The van der Waals surface area contributed by atoms with Crippen LogP contribution in [0.25, 0.3) is 17.1 Å². The Labute approximate surface area is 126 Å². The zero-order chi connectivity index (χ0) is 14.2. The molecule has 0 atom stereocenters. The third kappa shape index (κ3) is 2.14. The molecule has 3 aromatic rings. The summed E-state index contributed by atoms with van der Waals surface area (Å²) in [6, 6.07) is 4.03. The van der Waals surface area contributed by atoms with Gasteiger partial charge < -0.3 is 0 Å². The average molecular weight is 292 g/mol. The number of rotatable bonds is 3. The van der Waals surface area contributed by atoms with Crippen molar-refractivity contribution in [3.05, 3.63) is 52.6 Å². The summed E-state index contributed by atoms with van der Waals surface area (Å²) in [6.45, 7) is 0. The van der Waals surface area contributed by atoms with E-state index in [2.05, 4.69) is 27.7 Å². The normalized spacial score (nSPS) is 14.8. The summed E-state index contributed by atoms with van der Waals surface area (Å²) in [6.07, 6.45) is 11.9. The van der Waals surface area contributed by atoms with Gasteiger partial charge in [0.2, 0.25) is 0 Å². The molecule has 0 radical (unpaired) electrons. The van der Waals surface area contributed by atoms with Crippen molar-refractivity contribution < 1.29 is 0 Å². The van der Waals surface area contributed by atoms with E-state index in [1.54, 1.807) is 23.7 Å². The third-order valence-electron chi connectivity index (χ3n) is 3.69. The Balaban J connectivity index is 1.80. The molecule has 21 heavy (non-hydrogen) atoms. The van der Waals surface area contributed by atoms with Crippen LogP contribution < -0.4 is 0 Å². The molecule has 102 valence electrons. The highest BCUT2D eigenvalue weighted by Crippen LogP contribution is 2.42. The number of thiazole rings is 1. The lowest BCUT2D eigenvalue weighted by Crippen LogP contribution is -1.88. The largest absolute Gasteiger partial charge is 0.291 e. The molecule has 5 heteroatoms. The van der Waals surface area contributed by atoms with E-state index >= 15 is 0 Å². The van der Waals surface area contributed by atoms with Gasteiger partial charge in [0.05, 0.1) is 17.0 Å².